The maximum absolute atomic E-state index is 12.2. The number of carbonyl (C=O) groups excluding carboxylic acids is 1. The van der Waals surface area contributed by atoms with E-state index in [1.807, 2.05) is 25.2 Å². The zero-order valence-electron chi connectivity index (χ0n) is 14.2. The normalized spacial score (nSPS) is 11.7. The molecule has 2 aromatic rings. The summed E-state index contributed by atoms with van der Waals surface area (Å²) in [5.74, 6) is 1.45. The van der Waals surface area contributed by atoms with E-state index < -0.39 is 0 Å². The molecule has 1 atom stereocenters. The molecule has 1 aromatic carbocycles. The average Bonchev–Trinajstić information content (AvgIpc) is 2.57. The van der Waals surface area contributed by atoms with E-state index in [-0.39, 0.29) is 12.5 Å². The van der Waals surface area contributed by atoms with Gasteiger partial charge in [0.15, 0.2) is 23.9 Å². The number of pyridine rings is 1. The number of benzene rings is 1. The first-order chi connectivity index (χ1) is 11.9. The second-order valence-electron chi connectivity index (χ2n) is 5.53. The second-order valence-corrected chi connectivity index (χ2v) is 6.38. The van der Waals surface area contributed by atoms with Crippen LogP contribution in [0.15, 0.2) is 30.5 Å². The minimum absolute atomic E-state index is 0.185. The van der Waals surface area contributed by atoms with Gasteiger partial charge in [-0.1, -0.05) is 23.2 Å². The number of anilines is 1. The largest absolute Gasteiger partial charge is 0.493 e. The standard InChI is InChI=1S/C17H19Cl2N3O3/c1-22(9-11-4-5-14(24-2)15(6-11)25-3)10-16(23)21-17-13(19)7-12(18)8-20-17/h4-8H,9-10H2,1-3H3,(H,20,21,23)/p+1. The van der Waals surface area contributed by atoms with Gasteiger partial charge >= 0.3 is 0 Å². The molecule has 1 unspecified atom stereocenters. The van der Waals surface area contributed by atoms with Crippen LogP contribution in [0, 0.1) is 0 Å². The van der Waals surface area contributed by atoms with Crippen LogP contribution >= 0.6 is 23.2 Å². The number of amides is 1. The third-order valence-corrected chi connectivity index (χ3v) is 3.98. The van der Waals surface area contributed by atoms with Crippen molar-refractivity contribution in [3.63, 3.8) is 0 Å². The third kappa shape index (κ3) is 5.49. The number of carbonyl (C=O) groups is 1. The van der Waals surface area contributed by atoms with Gasteiger partial charge in [-0.05, 0) is 24.3 Å². The van der Waals surface area contributed by atoms with E-state index in [0.717, 1.165) is 10.5 Å². The molecule has 6 nitrogen and oxygen atoms in total. The Morgan fingerprint density at radius 1 is 1.20 bits per heavy atom. The summed E-state index contributed by atoms with van der Waals surface area (Å²) >= 11 is 11.8. The van der Waals surface area contributed by atoms with Crippen molar-refractivity contribution in [2.75, 3.05) is 33.1 Å². The molecule has 8 heteroatoms. The Kier molecular flexibility index (Phi) is 6.87. The summed E-state index contributed by atoms with van der Waals surface area (Å²) in [6.07, 6.45) is 1.43. The summed E-state index contributed by atoms with van der Waals surface area (Å²) in [6, 6.07) is 7.23. The lowest BCUT2D eigenvalue weighted by Crippen LogP contribution is -3.08. The fraction of sp³-hybridized carbons (Fsp3) is 0.294. The Labute approximate surface area is 156 Å². The van der Waals surface area contributed by atoms with Crippen LogP contribution in [0.4, 0.5) is 5.82 Å². The lowest BCUT2D eigenvalue weighted by molar-refractivity contribution is -0.885. The Balaban J connectivity index is 1.95. The van der Waals surface area contributed by atoms with Crippen molar-refractivity contribution in [3.05, 3.63) is 46.1 Å². The Bertz CT molecular complexity index is 756. The van der Waals surface area contributed by atoms with Crippen LogP contribution in [0.2, 0.25) is 10.0 Å². The van der Waals surface area contributed by atoms with Gasteiger partial charge in [0.25, 0.3) is 5.91 Å². The predicted molar refractivity (Wildman–Crippen MR) is 97.9 cm³/mol. The van der Waals surface area contributed by atoms with E-state index in [1.165, 1.54) is 12.3 Å². The van der Waals surface area contributed by atoms with Crippen molar-refractivity contribution in [2.45, 2.75) is 6.54 Å². The van der Waals surface area contributed by atoms with Gasteiger partial charge in [-0.3, -0.25) is 4.79 Å². The van der Waals surface area contributed by atoms with Crippen LogP contribution in [0.5, 0.6) is 11.5 Å². The molecule has 2 rings (SSSR count). The molecule has 0 fully saturated rings. The maximum Gasteiger partial charge on any atom is 0.280 e. The number of hydrogen-bond donors (Lipinski definition) is 2. The topological polar surface area (TPSA) is 64.9 Å². The van der Waals surface area contributed by atoms with Gasteiger partial charge in [0.1, 0.15) is 6.54 Å². The van der Waals surface area contributed by atoms with Crippen molar-refractivity contribution in [2.24, 2.45) is 0 Å². The Morgan fingerprint density at radius 3 is 2.56 bits per heavy atom. The molecule has 2 N–H and O–H groups in total. The van der Waals surface area contributed by atoms with Crippen LogP contribution in [0.3, 0.4) is 0 Å². The number of ether oxygens (including phenoxy) is 2. The predicted octanol–water partition coefficient (Wildman–Crippen LogP) is 2.06. The van der Waals surface area contributed by atoms with Crippen molar-refractivity contribution >= 4 is 34.9 Å². The first kappa shape index (κ1) is 19.3. The molecule has 1 heterocycles. The fourth-order valence-electron chi connectivity index (χ4n) is 2.36. The van der Waals surface area contributed by atoms with Gasteiger partial charge in [-0.25, -0.2) is 4.98 Å². The Hall–Kier alpha value is -2.02. The number of halogens is 2. The molecule has 134 valence electrons. The van der Waals surface area contributed by atoms with Gasteiger partial charge in [0, 0.05) is 11.8 Å². The monoisotopic (exact) mass is 384 g/mol. The van der Waals surface area contributed by atoms with Crippen LogP contribution in [-0.4, -0.2) is 38.7 Å². The van der Waals surface area contributed by atoms with E-state index >= 15 is 0 Å². The van der Waals surface area contributed by atoms with E-state index in [2.05, 4.69) is 10.3 Å². The third-order valence-electron chi connectivity index (χ3n) is 3.48. The summed E-state index contributed by atoms with van der Waals surface area (Å²) in [5, 5.41) is 3.41. The minimum atomic E-state index is -0.185. The summed E-state index contributed by atoms with van der Waals surface area (Å²) in [4.78, 5) is 17.2. The molecule has 0 radical (unpaired) electrons. The highest BCUT2D eigenvalue weighted by molar-refractivity contribution is 6.36. The molecule has 1 aromatic heterocycles. The smallest absolute Gasteiger partial charge is 0.280 e. The van der Waals surface area contributed by atoms with Gasteiger partial charge < -0.3 is 19.7 Å². The molecule has 0 aliphatic carbocycles. The molecule has 0 saturated carbocycles. The quantitative estimate of drug-likeness (QED) is 0.766. The summed E-state index contributed by atoms with van der Waals surface area (Å²) in [6.45, 7) is 0.907. The zero-order chi connectivity index (χ0) is 18.4. The summed E-state index contributed by atoms with van der Waals surface area (Å²) in [7, 11) is 5.11. The minimum Gasteiger partial charge on any atom is -0.493 e. The molecule has 0 saturated heterocycles. The van der Waals surface area contributed by atoms with Crippen molar-refractivity contribution < 1.29 is 19.2 Å². The molecular weight excluding hydrogens is 365 g/mol. The number of quaternary nitrogens is 1. The summed E-state index contributed by atoms with van der Waals surface area (Å²) in [5.41, 5.74) is 1.03. The molecule has 0 spiro atoms. The number of aromatic nitrogens is 1. The number of hydrogen-bond acceptors (Lipinski definition) is 4. The van der Waals surface area contributed by atoms with Crippen molar-refractivity contribution in [1.29, 1.82) is 0 Å². The van der Waals surface area contributed by atoms with Gasteiger partial charge in [0.05, 0.1) is 31.3 Å². The molecule has 0 bridgehead atoms. The van der Waals surface area contributed by atoms with Crippen LogP contribution in [0.1, 0.15) is 5.56 Å². The van der Waals surface area contributed by atoms with Gasteiger partial charge in [-0.2, -0.15) is 0 Å². The maximum atomic E-state index is 12.2. The van der Waals surface area contributed by atoms with Crippen LogP contribution < -0.4 is 19.7 Å². The van der Waals surface area contributed by atoms with E-state index in [9.17, 15) is 4.79 Å². The fourth-order valence-corrected chi connectivity index (χ4v) is 2.79. The number of rotatable bonds is 7. The van der Waals surface area contributed by atoms with Crippen molar-refractivity contribution in [1.82, 2.24) is 4.98 Å². The first-order valence-electron chi connectivity index (χ1n) is 7.56. The Morgan fingerprint density at radius 2 is 1.92 bits per heavy atom. The van der Waals surface area contributed by atoms with E-state index in [1.54, 1.807) is 14.2 Å². The average molecular weight is 385 g/mol. The molecule has 25 heavy (non-hydrogen) atoms. The zero-order valence-corrected chi connectivity index (χ0v) is 15.7. The number of nitrogens with zero attached hydrogens (tertiary/aromatic N) is 1. The van der Waals surface area contributed by atoms with Crippen molar-refractivity contribution in [3.8, 4) is 11.5 Å². The molecule has 0 aliphatic rings. The van der Waals surface area contributed by atoms with E-state index in [4.69, 9.17) is 32.7 Å². The lowest BCUT2D eigenvalue weighted by Gasteiger charge is -2.15. The van der Waals surface area contributed by atoms with Crippen LogP contribution in [-0.2, 0) is 11.3 Å². The molecular formula is C17H20Cl2N3O3+. The SMILES string of the molecule is COc1ccc(C[NH+](C)CC(=O)Nc2ncc(Cl)cc2Cl)cc1OC. The number of methoxy groups -OCH3 is 2. The lowest BCUT2D eigenvalue weighted by atomic mass is 10.2. The van der Waals surface area contributed by atoms with Gasteiger partial charge in [-0.15, -0.1) is 0 Å². The first-order valence-corrected chi connectivity index (χ1v) is 8.31. The van der Waals surface area contributed by atoms with Gasteiger partial charge in [0.2, 0.25) is 0 Å². The highest BCUT2D eigenvalue weighted by atomic mass is 35.5. The highest BCUT2D eigenvalue weighted by Crippen LogP contribution is 2.27. The summed E-state index contributed by atoms with van der Waals surface area (Å²) < 4.78 is 10.5. The molecule has 1 amide bonds. The van der Waals surface area contributed by atoms with E-state index in [0.29, 0.717) is 33.9 Å². The second kappa shape index (κ2) is 8.89. The number of likely N-dealkylation sites (N-methyl/N-ethyl adjacent to an activating group) is 1. The number of nitrogens with one attached hydrogen (secondary N) is 2. The molecule has 0 aliphatic heterocycles. The van der Waals surface area contributed by atoms with Crippen LogP contribution in [0.25, 0.3) is 0 Å². The highest BCUT2D eigenvalue weighted by Gasteiger charge is 2.14.